The lowest BCUT2D eigenvalue weighted by Gasteiger charge is -2.14. The van der Waals surface area contributed by atoms with E-state index in [1.807, 2.05) is 0 Å². The molecule has 0 amide bonds. The summed E-state index contributed by atoms with van der Waals surface area (Å²) in [7, 11) is 4.12. The zero-order chi connectivity index (χ0) is 40.7. The number of methoxy groups -OCH3 is 3. The molecule has 1 heterocycles. The molecule has 0 aliphatic rings. The monoisotopic (exact) mass is 768 g/mol. The third-order valence-electron chi connectivity index (χ3n) is 7.43. The van der Waals surface area contributed by atoms with E-state index in [9.17, 15) is 39.6 Å². The number of aromatic carboxylic acids is 4. The Morgan fingerprint density at radius 1 is 0.536 bits per heavy atom. The minimum absolute atomic E-state index is 0.0253. The first-order valence-electron chi connectivity index (χ1n) is 15.7. The summed E-state index contributed by atoms with van der Waals surface area (Å²) in [5.41, 5.74) is -0.510. The summed E-state index contributed by atoms with van der Waals surface area (Å²) in [6, 6.07) is 12.3. The number of carboxylic acid groups (broad SMARTS) is 4. The maximum absolute atomic E-state index is 11.5. The van der Waals surface area contributed by atoms with Gasteiger partial charge < -0.3 is 50.4 Å². The first kappa shape index (κ1) is 39.0. The summed E-state index contributed by atoms with van der Waals surface area (Å²) in [6.07, 6.45) is 0. The molecule has 0 unspecified atom stereocenters. The average Bonchev–Trinajstić information content (AvgIpc) is 3.16. The van der Waals surface area contributed by atoms with E-state index in [1.165, 1.54) is 45.6 Å². The summed E-state index contributed by atoms with van der Waals surface area (Å²) >= 11 is 0. The second-order valence-corrected chi connectivity index (χ2v) is 11.2. The molecular formula is C35H30N9O12+. The molecule has 0 aliphatic heterocycles. The first-order valence-corrected chi connectivity index (χ1v) is 15.7. The third-order valence-corrected chi connectivity index (χ3v) is 7.43. The van der Waals surface area contributed by atoms with Crippen molar-refractivity contribution in [1.82, 2.24) is 15.0 Å². The molecule has 0 saturated carbocycles. The molecule has 1 aromatic heterocycles. The summed E-state index contributed by atoms with van der Waals surface area (Å²) in [5, 5.41) is 68.1. The number of benzene rings is 4. The Labute approximate surface area is 314 Å². The van der Waals surface area contributed by atoms with E-state index in [-0.39, 0.29) is 91.4 Å². The normalized spacial score (nSPS) is 11.0. The van der Waals surface area contributed by atoms with Crippen LogP contribution in [0.2, 0.25) is 0 Å². The number of carbonyl (C=O) groups is 4. The fraction of sp³-hybridized carbons (Fsp3) is 0.114. The summed E-state index contributed by atoms with van der Waals surface area (Å²) in [6.45, 7) is 1.61. The number of nitrogens with zero attached hydrogens (tertiary/aromatic N) is 7. The summed E-state index contributed by atoms with van der Waals surface area (Å²) < 4.78 is 16.4. The molecule has 56 heavy (non-hydrogen) atoms. The van der Waals surface area contributed by atoms with Crippen LogP contribution in [0.1, 0.15) is 47.3 Å². The number of azo groups is 2. The van der Waals surface area contributed by atoms with Crippen LogP contribution in [0.25, 0.3) is 0 Å². The molecule has 5 aromatic rings. The van der Waals surface area contributed by atoms with Crippen molar-refractivity contribution in [2.24, 2.45) is 20.5 Å². The van der Waals surface area contributed by atoms with Crippen molar-refractivity contribution < 1.29 is 58.9 Å². The zero-order valence-corrected chi connectivity index (χ0v) is 29.6. The van der Waals surface area contributed by atoms with Crippen molar-refractivity contribution in [3.63, 3.8) is 0 Å². The smallest absolute Gasteiger partial charge is 0.335 e. The van der Waals surface area contributed by atoms with Gasteiger partial charge in [0.1, 0.15) is 40.1 Å². The van der Waals surface area contributed by atoms with Crippen molar-refractivity contribution in [3.8, 4) is 23.0 Å². The Morgan fingerprint density at radius 2 is 0.929 bits per heavy atom. The van der Waals surface area contributed by atoms with Crippen molar-refractivity contribution in [2.75, 3.05) is 32.0 Å². The van der Waals surface area contributed by atoms with Gasteiger partial charge in [-0.1, -0.05) is 0 Å². The fourth-order valence-corrected chi connectivity index (χ4v) is 4.86. The van der Waals surface area contributed by atoms with Crippen LogP contribution in [-0.2, 0) is 0 Å². The van der Waals surface area contributed by atoms with Crippen LogP contribution < -0.4 is 24.8 Å². The number of nitrogens with one attached hydrogen (secondary N) is 2. The lowest BCUT2D eigenvalue weighted by Crippen LogP contribution is -2.06. The fourth-order valence-electron chi connectivity index (χ4n) is 4.86. The number of carboxylic acids is 4. The maximum Gasteiger partial charge on any atom is 0.335 e. The average molecular weight is 769 g/mol. The number of aryl methyl sites for hydroxylation is 1. The van der Waals surface area contributed by atoms with Gasteiger partial charge in [0.25, 0.3) is 5.75 Å². The lowest BCUT2D eigenvalue weighted by molar-refractivity contribution is 0.0676. The first-order chi connectivity index (χ1) is 26.7. The molecular weight excluding hydrogens is 738 g/mol. The Balaban J connectivity index is 1.40. The molecule has 0 bridgehead atoms. The van der Waals surface area contributed by atoms with Gasteiger partial charge in [-0.2, -0.15) is 25.2 Å². The Bertz CT molecular complexity index is 2390. The van der Waals surface area contributed by atoms with Gasteiger partial charge in [-0.15, -0.1) is 10.2 Å². The van der Waals surface area contributed by atoms with Crippen LogP contribution in [0, 0.1) is 6.92 Å². The van der Waals surface area contributed by atoms with Crippen LogP contribution in [0.3, 0.4) is 0 Å². The van der Waals surface area contributed by atoms with Gasteiger partial charge in [-0.3, -0.25) is 0 Å². The number of ether oxygens (including phenoxy) is 3. The second kappa shape index (κ2) is 16.6. The summed E-state index contributed by atoms with van der Waals surface area (Å²) in [4.78, 5) is 58.9. The SMILES string of the molecule is COc1cc(Nc2nc(C)nc(Nc3cc(OC)c(N=Nc4cc(C(=O)O)cc(C(=O)O)c4)cc3OC)n2)c([OH2+])cc1N=Nc1cc(C(=O)O)cc(C(=O)O)c1. The Hall–Kier alpha value is -8.23. The number of aromatic nitrogens is 3. The van der Waals surface area contributed by atoms with Crippen LogP contribution in [0.4, 0.5) is 46.0 Å². The van der Waals surface area contributed by atoms with E-state index in [0.717, 1.165) is 36.4 Å². The van der Waals surface area contributed by atoms with E-state index >= 15 is 0 Å². The van der Waals surface area contributed by atoms with Gasteiger partial charge in [0.2, 0.25) is 11.9 Å². The number of hydrogen-bond donors (Lipinski definition) is 6. The standard InChI is InChI=1S/C35H29N9O12/c1-15-36-34(38-22-12-28(55-3)24(11-26(22)45)43-41-20-7-16(30(46)47)5-17(8-20)31(48)49)40-35(37-15)39-23-13-29(56-4)25(14-27(23)54-2)44-42-21-9-18(32(50)51)6-19(10-21)33(52)53/h5-14,45H,1-4H3,(H,46,47)(H,48,49)(H,50,51)(H,52,53)(H2,36,37,38,39,40)/p+1. The van der Waals surface area contributed by atoms with Gasteiger partial charge in [0.05, 0.1) is 66.7 Å². The van der Waals surface area contributed by atoms with Gasteiger partial charge in [-0.05, 0) is 43.3 Å². The quantitative estimate of drug-likeness (QED) is 0.0473. The van der Waals surface area contributed by atoms with Crippen molar-refractivity contribution in [2.45, 2.75) is 6.92 Å². The second-order valence-electron chi connectivity index (χ2n) is 11.2. The number of rotatable bonds is 15. The Morgan fingerprint density at radius 3 is 1.34 bits per heavy atom. The van der Waals surface area contributed by atoms with E-state index < -0.39 is 23.9 Å². The predicted octanol–water partition coefficient (Wildman–Crippen LogP) is 6.75. The number of anilines is 4. The molecule has 8 N–H and O–H groups in total. The van der Waals surface area contributed by atoms with Crippen LogP contribution >= 0.6 is 0 Å². The molecule has 5 rings (SSSR count). The molecule has 0 aliphatic carbocycles. The zero-order valence-electron chi connectivity index (χ0n) is 29.6. The van der Waals surface area contributed by atoms with Crippen molar-refractivity contribution >= 4 is 69.9 Å². The molecule has 0 fully saturated rings. The van der Waals surface area contributed by atoms with Gasteiger partial charge in [0, 0.05) is 18.2 Å². The highest BCUT2D eigenvalue weighted by Gasteiger charge is 2.19. The van der Waals surface area contributed by atoms with Gasteiger partial charge in [-0.25, -0.2) is 19.2 Å². The largest absolute Gasteiger partial charge is 0.592 e. The molecule has 4 aromatic carbocycles. The topological polar surface area (TPSA) is 312 Å². The highest BCUT2D eigenvalue weighted by atomic mass is 16.5. The van der Waals surface area contributed by atoms with E-state index in [4.69, 9.17) is 19.3 Å². The van der Waals surface area contributed by atoms with E-state index in [0.29, 0.717) is 5.69 Å². The lowest BCUT2D eigenvalue weighted by atomic mass is 10.1. The molecule has 0 saturated heterocycles. The molecule has 21 heteroatoms. The highest BCUT2D eigenvalue weighted by Crippen LogP contribution is 2.41. The van der Waals surface area contributed by atoms with Gasteiger partial charge >= 0.3 is 23.9 Å². The van der Waals surface area contributed by atoms with Crippen LogP contribution in [0.15, 0.2) is 81.1 Å². The predicted molar refractivity (Wildman–Crippen MR) is 196 cm³/mol. The molecule has 286 valence electrons. The van der Waals surface area contributed by atoms with E-state index in [2.05, 4.69) is 46.0 Å². The molecule has 0 atom stereocenters. The molecule has 21 nitrogen and oxygen atoms in total. The Kier molecular flexibility index (Phi) is 11.6. The van der Waals surface area contributed by atoms with Crippen molar-refractivity contribution in [1.29, 1.82) is 0 Å². The summed E-state index contributed by atoms with van der Waals surface area (Å²) in [5.74, 6) is -4.56. The van der Waals surface area contributed by atoms with Crippen LogP contribution in [0.5, 0.6) is 23.0 Å². The number of hydrogen-bond acceptors (Lipinski definition) is 16. The molecule has 0 spiro atoms. The van der Waals surface area contributed by atoms with Crippen molar-refractivity contribution in [3.05, 3.63) is 88.7 Å². The van der Waals surface area contributed by atoms with Gasteiger partial charge in [0.15, 0.2) is 0 Å². The minimum atomic E-state index is -1.35. The highest BCUT2D eigenvalue weighted by molar-refractivity contribution is 5.96. The third kappa shape index (κ3) is 9.22. The minimum Gasteiger partial charge on any atom is -0.592 e. The maximum atomic E-state index is 11.5. The van der Waals surface area contributed by atoms with E-state index in [1.54, 1.807) is 6.92 Å². The van der Waals surface area contributed by atoms with Crippen LogP contribution in [-0.4, -0.2) is 85.7 Å². The molecule has 0 radical (unpaired) electrons.